The van der Waals surface area contributed by atoms with Crippen LogP contribution in [0.2, 0.25) is 0 Å². The number of aliphatic hydroxyl groups excluding tert-OH is 1. The Bertz CT molecular complexity index is 1820. The Morgan fingerprint density at radius 2 is 0.457 bits per heavy atom. The minimum Gasteiger partial charge on any atom is -0.462 e. The van der Waals surface area contributed by atoms with Crippen molar-refractivity contribution in [3.63, 3.8) is 0 Å². The Kier molecular flexibility index (Phi) is 61.3. The van der Waals surface area contributed by atoms with E-state index in [1.165, 1.54) is 161 Å². The van der Waals surface area contributed by atoms with Gasteiger partial charge in [-0.2, -0.15) is 0 Å². The van der Waals surface area contributed by atoms with Crippen LogP contribution in [-0.4, -0.2) is 96.7 Å². The van der Waals surface area contributed by atoms with E-state index in [2.05, 4.69) is 55.4 Å². The number of hydrogen-bond acceptors (Lipinski definition) is 15. The molecule has 3 unspecified atom stereocenters. The van der Waals surface area contributed by atoms with Gasteiger partial charge in [0.15, 0.2) is 12.2 Å². The van der Waals surface area contributed by atoms with Crippen LogP contribution in [0.15, 0.2) is 0 Å². The molecule has 0 radical (unpaired) electrons. The van der Waals surface area contributed by atoms with Gasteiger partial charge in [0, 0.05) is 25.7 Å². The highest BCUT2D eigenvalue weighted by Gasteiger charge is 2.30. The monoisotopic (exact) mass is 1350 g/mol. The minimum absolute atomic E-state index is 0.104. The molecule has 92 heavy (non-hydrogen) atoms. The van der Waals surface area contributed by atoms with Gasteiger partial charge in [-0.25, -0.2) is 9.13 Å². The molecule has 0 bridgehead atoms. The fraction of sp³-hybridized carbons (Fsp3) is 0.945. The summed E-state index contributed by atoms with van der Waals surface area (Å²) in [6.07, 6.45) is 46.0. The largest absolute Gasteiger partial charge is 0.472 e. The molecule has 0 aromatic rings. The van der Waals surface area contributed by atoms with Gasteiger partial charge < -0.3 is 33.8 Å². The Hall–Kier alpha value is -1.94. The summed E-state index contributed by atoms with van der Waals surface area (Å²) in [7, 11) is -9.91. The maximum Gasteiger partial charge on any atom is 0.472 e. The molecule has 17 nitrogen and oxygen atoms in total. The lowest BCUT2D eigenvalue weighted by atomic mass is 10.0. The molecular formula is C73H142O17P2. The van der Waals surface area contributed by atoms with Crippen LogP contribution >= 0.6 is 15.6 Å². The van der Waals surface area contributed by atoms with Crippen LogP contribution in [0.4, 0.5) is 0 Å². The molecule has 0 amide bonds. The Morgan fingerprint density at radius 3 is 0.674 bits per heavy atom. The lowest BCUT2D eigenvalue weighted by Gasteiger charge is -2.21. The molecule has 0 heterocycles. The number of esters is 4. The molecule has 0 saturated heterocycles. The van der Waals surface area contributed by atoms with E-state index < -0.39 is 97.5 Å². The average Bonchev–Trinajstić information content (AvgIpc) is 2.42. The zero-order valence-corrected chi connectivity index (χ0v) is 62.0. The van der Waals surface area contributed by atoms with E-state index in [4.69, 9.17) is 37.0 Å². The number of hydrogen-bond donors (Lipinski definition) is 3. The first-order valence-corrected chi connectivity index (χ1v) is 40.7. The minimum atomic E-state index is -4.95. The Balaban J connectivity index is 5.20. The highest BCUT2D eigenvalue weighted by atomic mass is 31.2. The lowest BCUT2D eigenvalue weighted by Crippen LogP contribution is -2.30. The van der Waals surface area contributed by atoms with Crippen molar-refractivity contribution in [1.29, 1.82) is 0 Å². The van der Waals surface area contributed by atoms with Gasteiger partial charge in [0.1, 0.15) is 19.3 Å². The summed E-state index contributed by atoms with van der Waals surface area (Å²) in [5, 5.41) is 10.6. The van der Waals surface area contributed by atoms with Crippen LogP contribution in [0.3, 0.4) is 0 Å². The Labute approximate surface area is 562 Å². The van der Waals surface area contributed by atoms with E-state index in [1.807, 2.05) is 0 Å². The number of rotatable bonds is 70. The first kappa shape index (κ1) is 90.1. The summed E-state index contributed by atoms with van der Waals surface area (Å²) in [6.45, 7) is 14.1. The van der Waals surface area contributed by atoms with Gasteiger partial charge in [-0.05, 0) is 49.4 Å². The van der Waals surface area contributed by atoms with Crippen molar-refractivity contribution in [2.45, 2.75) is 382 Å². The van der Waals surface area contributed by atoms with Crippen LogP contribution in [0.25, 0.3) is 0 Å². The Morgan fingerprint density at radius 1 is 0.272 bits per heavy atom. The van der Waals surface area contributed by atoms with E-state index >= 15 is 0 Å². The molecule has 0 fully saturated rings. The third-order valence-electron chi connectivity index (χ3n) is 16.8. The summed E-state index contributed by atoms with van der Waals surface area (Å²) in [5.74, 6) is 0.843. The SMILES string of the molecule is CC(C)CCCCCCCCCCCCCCCCCC(=O)O[C@H](COC(=O)CCCCCCCCC(C)C)COP(=O)(O)OCC(O)COP(=O)(O)OC[C@@H](COC(=O)CCCCCCCCCCCCCC(C)C)OC(=O)CCCCCCCCCCC(C)C. The van der Waals surface area contributed by atoms with E-state index in [0.29, 0.717) is 31.6 Å². The summed E-state index contributed by atoms with van der Waals surface area (Å²) >= 11 is 0. The summed E-state index contributed by atoms with van der Waals surface area (Å²) in [6, 6.07) is 0. The molecular weight excluding hydrogens is 1210 g/mol. The summed E-state index contributed by atoms with van der Waals surface area (Å²) in [5.41, 5.74) is 0. The highest BCUT2D eigenvalue weighted by Crippen LogP contribution is 2.45. The molecule has 0 aromatic carbocycles. The first-order chi connectivity index (χ1) is 44.1. The molecule has 0 saturated carbocycles. The molecule has 0 rings (SSSR count). The van der Waals surface area contributed by atoms with Crippen LogP contribution < -0.4 is 0 Å². The molecule has 5 atom stereocenters. The molecule has 0 spiro atoms. The fourth-order valence-electron chi connectivity index (χ4n) is 11.0. The number of phosphoric ester groups is 2. The average molecular weight is 1350 g/mol. The number of unbranched alkanes of at least 4 members (excludes halogenated alkanes) is 36. The second kappa shape index (κ2) is 62.6. The van der Waals surface area contributed by atoms with E-state index in [0.717, 1.165) is 114 Å². The van der Waals surface area contributed by atoms with Gasteiger partial charge in [0.2, 0.25) is 0 Å². The molecule has 19 heteroatoms. The van der Waals surface area contributed by atoms with Crippen molar-refractivity contribution in [3.8, 4) is 0 Å². The van der Waals surface area contributed by atoms with Crippen molar-refractivity contribution in [3.05, 3.63) is 0 Å². The van der Waals surface area contributed by atoms with Gasteiger partial charge in [-0.15, -0.1) is 0 Å². The zero-order chi connectivity index (χ0) is 68.2. The second-order valence-corrected chi connectivity index (χ2v) is 31.1. The highest BCUT2D eigenvalue weighted by molar-refractivity contribution is 7.47. The third kappa shape index (κ3) is 66.7. The van der Waals surface area contributed by atoms with E-state index in [9.17, 15) is 43.2 Å². The van der Waals surface area contributed by atoms with Crippen LogP contribution in [0.5, 0.6) is 0 Å². The van der Waals surface area contributed by atoms with E-state index in [-0.39, 0.29) is 25.7 Å². The normalized spacial score (nSPS) is 14.2. The first-order valence-electron chi connectivity index (χ1n) is 37.7. The molecule has 0 aliphatic carbocycles. The zero-order valence-electron chi connectivity index (χ0n) is 60.2. The number of carbonyl (C=O) groups excluding carboxylic acids is 4. The quantitative estimate of drug-likeness (QED) is 0.0222. The summed E-state index contributed by atoms with van der Waals surface area (Å²) < 4.78 is 68.4. The molecule has 0 aliphatic heterocycles. The standard InChI is InChI=1S/C73H142O17P2/c1-63(2)49-41-33-25-19-15-12-10-9-11-13-17-22-29-39-47-55-72(77)89-69(60-84-71(76)54-46-38-32-31-36-44-52-66(7)8)62-88-92(81,82)86-58-67(74)57-85-91(79,80)87-61-68(90-73(78)56-48-40-30-24-23-27-35-43-51-65(5)6)59-83-70(75)53-45-37-28-21-18-14-16-20-26-34-42-50-64(3)4/h63-69,74H,9-62H2,1-8H3,(H,79,80)(H,81,82)/t67?,68-,69-/m1/s1. The number of ether oxygens (including phenoxy) is 4. The van der Waals surface area contributed by atoms with Gasteiger partial charge in [-0.1, -0.05) is 312 Å². The summed E-state index contributed by atoms with van der Waals surface area (Å²) in [4.78, 5) is 72.6. The van der Waals surface area contributed by atoms with Gasteiger partial charge in [0.25, 0.3) is 0 Å². The van der Waals surface area contributed by atoms with Crippen molar-refractivity contribution in [2.24, 2.45) is 23.7 Å². The lowest BCUT2D eigenvalue weighted by molar-refractivity contribution is -0.161. The van der Waals surface area contributed by atoms with Crippen LogP contribution in [0, 0.1) is 23.7 Å². The van der Waals surface area contributed by atoms with Gasteiger partial charge >= 0.3 is 39.5 Å². The predicted octanol–water partition coefficient (Wildman–Crippen LogP) is 20.9. The molecule has 0 aromatic heterocycles. The predicted molar refractivity (Wildman–Crippen MR) is 372 cm³/mol. The molecule has 3 N–H and O–H groups in total. The second-order valence-electron chi connectivity index (χ2n) is 28.2. The maximum atomic E-state index is 13.0. The number of phosphoric acid groups is 2. The third-order valence-corrected chi connectivity index (χ3v) is 18.7. The van der Waals surface area contributed by atoms with Crippen molar-refractivity contribution in [2.75, 3.05) is 39.6 Å². The van der Waals surface area contributed by atoms with E-state index in [1.54, 1.807) is 0 Å². The fourth-order valence-corrected chi connectivity index (χ4v) is 12.6. The van der Waals surface area contributed by atoms with Gasteiger partial charge in [0.05, 0.1) is 26.4 Å². The van der Waals surface area contributed by atoms with Crippen molar-refractivity contribution >= 4 is 39.5 Å². The number of carbonyl (C=O) groups is 4. The number of aliphatic hydroxyl groups is 1. The topological polar surface area (TPSA) is 237 Å². The van der Waals surface area contributed by atoms with Crippen molar-refractivity contribution < 1.29 is 80.2 Å². The molecule has 0 aliphatic rings. The van der Waals surface area contributed by atoms with Crippen LogP contribution in [0.1, 0.15) is 364 Å². The maximum absolute atomic E-state index is 13.0. The van der Waals surface area contributed by atoms with Crippen LogP contribution in [-0.2, 0) is 65.4 Å². The molecule has 546 valence electrons. The smallest absolute Gasteiger partial charge is 0.462 e. The van der Waals surface area contributed by atoms with Crippen molar-refractivity contribution in [1.82, 2.24) is 0 Å². The van der Waals surface area contributed by atoms with Gasteiger partial charge in [-0.3, -0.25) is 37.3 Å².